The van der Waals surface area contributed by atoms with Crippen molar-refractivity contribution in [1.29, 1.82) is 0 Å². The lowest BCUT2D eigenvalue weighted by Crippen LogP contribution is -2.35. The molecule has 0 saturated carbocycles. The minimum atomic E-state index is -1.47. The van der Waals surface area contributed by atoms with Gasteiger partial charge in [-0.2, -0.15) is 0 Å². The number of carbonyl (C=O) groups is 2. The molecule has 128 valence electrons. The summed E-state index contributed by atoms with van der Waals surface area (Å²) in [5.74, 6) is -1.24. The van der Waals surface area contributed by atoms with Gasteiger partial charge in [-0.25, -0.2) is 9.59 Å². The van der Waals surface area contributed by atoms with Gasteiger partial charge in [0.1, 0.15) is 11.7 Å². The summed E-state index contributed by atoms with van der Waals surface area (Å²) in [6.07, 6.45) is -2.05. The van der Waals surface area contributed by atoms with E-state index in [9.17, 15) is 19.8 Å². The Kier molecular flexibility index (Phi) is 6.47. The van der Waals surface area contributed by atoms with E-state index in [1.54, 1.807) is 20.8 Å². The lowest BCUT2D eigenvalue weighted by molar-refractivity contribution is 0.00909. The number of carboxylic acids is 1. The van der Waals surface area contributed by atoms with Crippen molar-refractivity contribution in [1.82, 2.24) is 10.3 Å². The van der Waals surface area contributed by atoms with Gasteiger partial charge < -0.3 is 25.4 Å². The first kappa shape index (κ1) is 18.9. The van der Waals surface area contributed by atoms with Crippen LogP contribution >= 0.6 is 0 Å². The van der Waals surface area contributed by atoms with Crippen LogP contribution in [0.15, 0.2) is 18.3 Å². The van der Waals surface area contributed by atoms with E-state index < -0.39 is 29.9 Å². The van der Waals surface area contributed by atoms with Crippen molar-refractivity contribution in [3.05, 3.63) is 29.6 Å². The molecule has 0 bridgehead atoms. The zero-order valence-corrected chi connectivity index (χ0v) is 13.3. The second kappa shape index (κ2) is 7.89. The average Bonchev–Trinajstić information content (AvgIpc) is 2.44. The van der Waals surface area contributed by atoms with Crippen molar-refractivity contribution in [3.63, 3.8) is 0 Å². The van der Waals surface area contributed by atoms with Gasteiger partial charge in [-0.15, -0.1) is 0 Å². The number of nitrogens with one attached hydrogen (secondary N) is 1. The Hall–Kier alpha value is -2.19. The van der Waals surface area contributed by atoms with Crippen LogP contribution in [0.25, 0.3) is 0 Å². The summed E-state index contributed by atoms with van der Waals surface area (Å²) in [6, 6.07) is 2.72. The molecule has 2 atom stereocenters. The molecule has 0 spiro atoms. The van der Waals surface area contributed by atoms with Gasteiger partial charge in [0, 0.05) is 12.7 Å². The molecule has 0 aliphatic rings. The van der Waals surface area contributed by atoms with Gasteiger partial charge in [0.2, 0.25) is 0 Å². The molecular weight excluding hydrogens is 304 g/mol. The highest BCUT2D eigenvalue weighted by atomic mass is 16.6. The maximum absolute atomic E-state index is 11.5. The summed E-state index contributed by atoms with van der Waals surface area (Å²) in [5.41, 5.74) is -0.934. The summed E-state index contributed by atoms with van der Waals surface area (Å²) in [4.78, 5) is 26.3. The molecule has 0 aromatic carbocycles. The third-order valence-corrected chi connectivity index (χ3v) is 2.82. The lowest BCUT2D eigenvalue weighted by atomic mass is 10.0. The number of nitrogens with zero attached hydrogens (tertiary/aromatic N) is 1. The second-order valence-electron chi connectivity index (χ2n) is 5.97. The van der Waals surface area contributed by atoms with E-state index in [1.807, 2.05) is 0 Å². The monoisotopic (exact) mass is 326 g/mol. The van der Waals surface area contributed by atoms with Crippen molar-refractivity contribution in [3.8, 4) is 0 Å². The Balaban J connectivity index is 2.57. The molecule has 0 saturated heterocycles. The molecule has 0 aliphatic heterocycles. The third kappa shape index (κ3) is 6.21. The van der Waals surface area contributed by atoms with Gasteiger partial charge in [0.25, 0.3) is 0 Å². The van der Waals surface area contributed by atoms with E-state index in [-0.39, 0.29) is 24.2 Å². The van der Waals surface area contributed by atoms with E-state index in [1.165, 1.54) is 18.3 Å². The molecule has 1 heterocycles. The molecule has 0 radical (unpaired) electrons. The van der Waals surface area contributed by atoms with Crippen LogP contribution in [0.1, 0.15) is 49.3 Å². The van der Waals surface area contributed by atoms with E-state index in [2.05, 4.69) is 10.3 Å². The Labute approximate surface area is 134 Å². The van der Waals surface area contributed by atoms with E-state index in [0.717, 1.165) is 0 Å². The number of hydrogen-bond acceptors (Lipinski definition) is 6. The number of aromatic carboxylic acids is 1. The van der Waals surface area contributed by atoms with Crippen LogP contribution in [0, 0.1) is 0 Å². The minimum Gasteiger partial charge on any atom is -0.478 e. The molecule has 1 rings (SSSR count). The summed E-state index contributed by atoms with van der Waals surface area (Å²) in [6.45, 7) is 5.22. The smallest absolute Gasteiger partial charge is 0.407 e. The molecule has 0 fully saturated rings. The second-order valence-corrected chi connectivity index (χ2v) is 5.97. The Bertz CT molecular complexity index is 555. The van der Waals surface area contributed by atoms with Crippen LogP contribution in [0.4, 0.5) is 4.79 Å². The maximum Gasteiger partial charge on any atom is 0.407 e. The van der Waals surface area contributed by atoms with E-state index >= 15 is 0 Å². The molecule has 23 heavy (non-hydrogen) atoms. The van der Waals surface area contributed by atoms with E-state index in [4.69, 9.17) is 9.84 Å². The first-order valence-electron chi connectivity index (χ1n) is 7.13. The number of amides is 1. The molecule has 0 aliphatic carbocycles. The number of ether oxygens (including phenoxy) is 1. The summed E-state index contributed by atoms with van der Waals surface area (Å²) < 4.78 is 5.03. The van der Waals surface area contributed by atoms with Crippen molar-refractivity contribution >= 4 is 12.1 Å². The highest BCUT2D eigenvalue weighted by Crippen LogP contribution is 2.20. The third-order valence-electron chi connectivity index (χ3n) is 2.82. The van der Waals surface area contributed by atoms with Gasteiger partial charge in [-0.3, -0.25) is 4.98 Å². The quantitative estimate of drug-likeness (QED) is 0.615. The molecule has 1 amide bonds. The Morgan fingerprint density at radius 1 is 1.35 bits per heavy atom. The van der Waals surface area contributed by atoms with Crippen LogP contribution in [-0.2, 0) is 4.74 Å². The fourth-order valence-corrected chi connectivity index (χ4v) is 1.81. The molecule has 8 nitrogen and oxygen atoms in total. The molecule has 2 unspecified atom stereocenters. The van der Waals surface area contributed by atoms with Gasteiger partial charge in [-0.1, -0.05) is 0 Å². The van der Waals surface area contributed by atoms with Crippen LogP contribution in [0.3, 0.4) is 0 Å². The zero-order valence-electron chi connectivity index (χ0n) is 13.3. The highest BCUT2D eigenvalue weighted by molar-refractivity contribution is 5.88. The maximum atomic E-state index is 11.5. The number of carbonyl (C=O) groups excluding carboxylic acids is 1. The Morgan fingerprint density at radius 3 is 2.57 bits per heavy atom. The fraction of sp³-hybridized carbons (Fsp3) is 0.533. The first-order valence-corrected chi connectivity index (χ1v) is 7.13. The standard InChI is InChI=1S/C15H22N2O6/c1-15(2,3)23-14(22)17-8-6-10(18)12(19)11-9(13(20)21)5-4-7-16-11/h4-5,7,10,12,18-19H,6,8H2,1-3H3,(H,17,22)(H,20,21). The largest absolute Gasteiger partial charge is 0.478 e. The number of alkyl carbamates (subject to hydrolysis) is 1. The molecule has 1 aromatic rings. The fourth-order valence-electron chi connectivity index (χ4n) is 1.81. The number of hydrogen-bond donors (Lipinski definition) is 4. The van der Waals surface area contributed by atoms with Crippen LogP contribution in [0.2, 0.25) is 0 Å². The minimum absolute atomic E-state index is 0.00996. The number of rotatable bonds is 6. The van der Waals surface area contributed by atoms with Crippen LogP contribution in [-0.4, -0.2) is 50.6 Å². The molecular formula is C15H22N2O6. The van der Waals surface area contributed by atoms with Gasteiger partial charge in [-0.05, 0) is 39.3 Å². The van der Waals surface area contributed by atoms with Crippen molar-refractivity contribution in [2.75, 3.05) is 6.54 Å². The van der Waals surface area contributed by atoms with Gasteiger partial charge in [0.15, 0.2) is 0 Å². The van der Waals surface area contributed by atoms with Crippen molar-refractivity contribution in [2.45, 2.75) is 45.0 Å². The van der Waals surface area contributed by atoms with Gasteiger partial charge in [0.05, 0.1) is 17.4 Å². The topological polar surface area (TPSA) is 129 Å². The number of carboxylic acid groups (broad SMARTS) is 1. The van der Waals surface area contributed by atoms with Crippen molar-refractivity contribution in [2.24, 2.45) is 0 Å². The first-order chi connectivity index (χ1) is 10.6. The number of pyridine rings is 1. The zero-order chi connectivity index (χ0) is 17.6. The number of aliphatic hydroxyl groups excluding tert-OH is 2. The molecule has 1 aromatic heterocycles. The normalized spacial score (nSPS) is 14.0. The summed E-state index contributed by atoms with van der Waals surface area (Å²) in [7, 11) is 0. The Morgan fingerprint density at radius 2 is 2.00 bits per heavy atom. The van der Waals surface area contributed by atoms with Gasteiger partial charge >= 0.3 is 12.1 Å². The predicted octanol–water partition coefficient (Wildman–Crippen LogP) is 1.09. The van der Waals surface area contributed by atoms with E-state index in [0.29, 0.717) is 0 Å². The molecule has 4 N–H and O–H groups in total. The van der Waals surface area contributed by atoms with Crippen molar-refractivity contribution < 1.29 is 29.6 Å². The summed E-state index contributed by atoms with van der Waals surface area (Å²) >= 11 is 0. The predicted molar refractivity (Wildman–Crippen MR) is 81.0 cm³/mol. The summed E-state index contributed by atoms with van der Waals surface area (Å²) in [5, 5.41) is 31.5. The highest BCUT2D eigenvalue weighted by Gasteiger charge is 2.25. The number of aromatic nitrogens is 1. The average molecular weight is 326 g/mol. The number of aliphatic hydroxyl groups is 2. The SMILES string of the molecule is CC(C)(C)OC(=O)NCCC(O)C(O)c1ncccc1C(=O)O. The van der Waals surface area contributed by atoms with Crippen LogP contribution in [0.5, 0.6) is 0 Å². The van der Waals surface area contributed by atoms with Crippen LogP contribution < -0.4 is 5.32 Å². The molecule has 8 heteroatoms. The lowest BCUT2D eigenvalue weighted by Gasteiger charge is -2.21.